The van der Waals surface area contributed by atoms with Gasteiger partial charge in [-0.3, -0.25) is 0 Å². The number of fused-ring (bicyclic) bond motifs is 1. The van der Waals surface area contributed by atoms with Gasteiger partial charge >= 0.3 is 5.97 Å². The molecule has 0 aliphatic heterocycles. The van der Waals surface area contributed by atoms with Gasteiger partial charge in [0, 0.05) is 6.08 Å². The van der Waals surface area contributed by atoms with Gasteiger partial charge in [-0.15, -0.1) is 0 Å². The van der Waals surface area contributed by atoms with E-state index in [1.807, 2.05) is 6.92 Å². The molecule has 0 radical (unpaired) electrons. The monoisotopic (exact) mass is 482 g/mol. The smallest absolute Gasteiger partial charge is 0.330 e. The van der Waals surface area contributed by atoms with E-state index in [-0.39, 0.29) is 29.1 Å². The van der Waals surface area contributed by atoms with Gasteiger partial charge in [0.15, 0.2) is 16.6 Å². The number of carbonyl (C=O) groups is 2. The highest BCUT2D eigenvalue weighted by Crippen LogP contribution is 2.56. The third-order valence-corrected chi connectivity index (χ3v) is 13.6. The second kappa shape index (κ2) is 9.47. The Kier molecular flexibility index (Phi) is 8.13. The van der Waals surface area contributed by atoms with Crippen molar-refractivity contribution in [2.24, 2.45) is 23.2 Å². The molecule has 0 aromatic heterocycles. The molecule has 0 unspecified atom stereocenters. The maximum atomic E-state index is 12.7. The summed E-state index contributed by atoms with van der Waals surface area (Å²) in [5, 5.41) is 0.0197. The van der Waals surface area contributed by atoms with Gasteiger partial charge in [0.25, 0.3) is 0 Å². The van der Waals surface area contributed by atoms with Crippen molar-refractivity contribution in [1.29, 1.82) is 0 Å². The van der Waals surface area contributed by atoms with Crippen molar-refractivity contribution in [3.63, 3.8) is 0 Å². The van der Waals surface area contributed by atoms with Crippen molar-refractivity contribution in [3.05, 3.63) is 11.6 Å². The van der Waals surface area contributed by atoms with Crippen LogP contribution in [0.5, 0.6) is 0 Å². The summed E-state index contributed by atoms with van der Waals surface area (Å²) in [4.78, 5) is 25.1. The second-order valence-electron chi connectivity index (χ2n) is 12.6. The van der Waals surface area contributed by atoms with Crippen molar-refractivity contribution in [2.45, 2.75) is 104 Å². The Morgan fingerprint density at radius 3 is 2.16 bits per heavy atom. The summed E-state index contributed by atoms with van der Waals surface area (Å²) >= 11 is 0. The number of ether oxygens (including phenoxy) is 1. The first-order valence-corrected chi connectivity index (χ1v) is 18.4. The van der Waals surface area contributed by atoms with E-state index >= 15 is 0 Å². The predicted octanol–water partition coefficient (Wildman–Crippen LogP) is 5.97. The summed E-state index contributed by atoms with van der Waals surface area (Å²) < 4.78 is 18.7. The van der Waals surface area contributed by atoms with E-state index in [2.05, 4.69) is 60.4 Å². The third kappa shape index (κ3) is 5.65. The highest BCUT2D eigenvalue weighted by Gasteiger charge is 2.56. The SMILES string of the molecule is COC(=O)/C=C1\[C@@H](O[Si](C)(C)C(C)(C)C)C[C@H]2[C@H](O[Si](C)(C)C)[C@@H](C)CC[C@@H]2[C@@]1(C)C=O. The highest BCUT2D eigenvalue weighted by atomic mass is 28.4. The largest absolute Gasteiger partial charge is 0.466 e. The van der Waals surface area contributed by atoms with Crippen LogP contribution >= 0.6 is 0 Å². The number of hydrogen-bond donors (Lipinski definition) is 0. The Hall–Kier alpha value is -0.766. The lowest BCUT2D eigenvalue weighted by molar-refractivity contribution is -0.135. The number of methoxy groups -OCH3 is 1. The van der Waals surface area contributed by atoms with Gasteiger partial charge in [-0.1, -0.05) is 27.7 Å². The van der Waals surface area contributed by atoms with Gasteiger partial charge in [-0.05, 0) is 87.3 Å². The minimum atomic E-state index is -2.15. The molecule has 0 aromatic carbocycles. The van der Waals surface area contributed by atoms with Crippen LogP contribution < -0.4 is 0 Å². The predicted molar refractivity (Wildman–Crippen MR) is 135 cm³/mol. The molecule has 32 heavy (non-hydrogen) atoms. The molecule has 0 spiro atoms. The second-order valence-corrected chi connectivity index (χ2v) is 21.9. The van der Waals surface area contributed by atoms with Crippen LogP contribution in [0.3, 0.4) is 0 Å². The maximum absolute atomic E-state index is 12.7. The van der Waals surface area contributed by atoms with Crippen molar-refractivity contribution >= 4 is 28.9 Å². The normalized spacial score (nSPS) is 35.3. The van der Waals surface area contributed by atoms with E-state index in [1.165, 1.54) is 13.2 Å². The molecule has 0 saturated heterocycles. The molecule has 184 valence electrons. The molecule has 7 heteroatoms. The van der Waals surface area contributed by atoms with Gasteiger partial charge in [-0.2, -0.15) is 0 Å². The van der Waals surface area contributed by atoms with Crippen LogP contribution in [0.15, 0.2) is 11.6 Å². The summed E-state index contributed by atoms with van der Waals surface area (Å²) in [6, 6.07) is 0. The molecule has 6 atom stereocenters. The first-order chi connectivity index (χ1) is 14.5. The zero-order valence-corrected chi connectivity index (χ0v) is 24.2. The molecule has 0 aromatic rings. The van der Waals surface area contributed by atoms with Crippen LogP contribution in [0.4, 0.5) is 0 Å². The van der Waals surface area contributed by atoms with Crippen molar-refractivity contribution in [1.82, 2.24) is 0 Å². The average molecular weight is 483 g/mol. The fraction of sp³-hybridized carbons (Fsp3) is 0.840. The summed E-state index contributed by atoms with van der Waals surface area (Å²) in [5.74, 6) is 0.380. The average Bonchev–Trinajstić information content (AvgIpc) is 2.65. The summed E-state index contributed by atoms with van der Waals surface area (Å²) in [5.41, 5.74) is 0.0115. The molecule has 5 nitrogen and oxygen atoms in total. The summed E-state index contributed by atoms with van der Waals surface area (Å²) in [6.45, 7) is 22.1. The van der Waals surface area contributed by atoms with E-state index in [1.54, 1.807) is 0 Å². The maximum Gasteiger partial charge on any atom is 0.330 e. The minimum Gasteiger partial charge on any atom is -0.466 e. The number of aldehydes is 1. The van der Waals surface area contributed by atoms with E-state index in [0.717, 1.165) is 31.1 Å². The van der Waals surface area contributed by atoms with E-state index < -0.39 is 28.0 Å². The first kappa shape index (κ1) is 27.5. The molecule has 0 heterocycles. The molecule has 0 N–H and O–H groups in total. The van der Waals surface area contributed by atoms with Crippen LogP contribution in [0.2, 0.25) is 37.8 Å². The molecule has 2 saturated carbocycles. The Labute approximate surface area is 197 Å². The van der Waals surface area contributed by atoms with Gasteiger partial charge in [0.1, 0.15) is 6.29 Å². The van der Waals surface area contributed by atoms with Gasteiger partial charge < -0.3 is 18.4 Å². The topological polar surface area (TPSA) is 61.8 Å². The lowest BCUT2D eigenvalue weighted by atomic mass is 9.53. The quantitative estimate of drug-likeness (QED) is 0.202. The van der Waals surface area contributed by atoms with Crippen LogP contribution in [0.1, 0.15) is 53.9 Å². The lowest BCUT2D eigenvalue weighted by Gasteiger charge is -2.56. The molecule has 0 bridgehead atoms. The van der Waals surface area contributed by atoms with Crippen LogP contribution in [-0.2, 0) is 23.2 Å². The van der Waals surface area contributed by atoms with Crippen LogP contribution in [-0.4, -0.2) is 48.2 Å². The molecule has 2 aliphatic rings. The Morgan fingerprint density at radius 2 is 1.69 bits per heavy atom. The zero-order chi connectivity index (χ0) is 24.7. The molecule has 2 fully saturated rings. The van der Waals surface area contributed by atoms with Crippen molar-refractivity contribution < 1.29 is 23.2 Å². The number of hydrogen-bond acceptors (Lipinski definition) is 5. The highest BCUT2D eigenvalue weighted by molar-refractivity contribution is 6.74. The standard InChI is InChI=1S/C25H46O5Si2/c1-17-12-13-19-18(23(17)30-31(7,8)9)14-21(29-32(10,11)24(2,3)4)20(15-22(27)28-6)25(19,5)16-26/h15-19,21,23H,12-14H2,1-11H3/b20-15+/t17-,18+,19-,21-,23+,25+/m0/s1. The van der Waals surface area contributed by atoms with E-state index in [0.29, 0.717) is 5.92 Å². The summed E-state index contributed by atoms with van der Waals surface area (Å²) in [7, 11) is -2.55. The molecule has 0 amide bonds. The van der Waals surface area contributed by atoms with Gasteiger partial charge in [-0.25, -0.2) is 4.79 Å². The van der Waals surface area contributed by atoms with Gasteiger partial charge in [0.2, 0.25) is 0 Å². The molecular formula is C25H46O5Si2. The van der Waals surface area contributed by atoms with Crippen molar-refractivity contribution in [3.8, 4) is 0 Å². The van der Waals surface area contributed by atoms with E-state index in [4.69, 9.17) is 13.6 Å². The molecule has 2 rings (SSSR count). The number of esters is 1. The Morgan fingerprint density at radius 1 is 1.09 bits per heavy atom. The van der Waals surface area contributed by atoms with Gasteiger partial charge in [0.05, 0.1) is 24.7 Å². The van der Waals surface area contributed by atoms with Crippen molar-refractivity contribution in [2.75, 3.05) is 7.11 Å². The zero-order valence-electron chi connectivity index (χ0n) is 22.2. The lowest BCUT2D eigenvalue weighted by Crippen LogP contribution is -2.57. The van der Waals surface area contributed by atoms with Crippen LogP contribution in [0, 0.1) is 23.2 Å². The Balaban J connectivity index is 2.60. The fourth-order valence-electron chi connectivity index (χ4n) is 5.30. The van der Waals surface area contributed by atoms with Crippen LogP contribution in [0.25, 0.3) is 0 Å². The number of rotatable bonds is 6. The molecular weight excluding hydrogens is 436 g/mol. The van der Waals surface area contributed by atoms with E-state index in [9.17, 15) is 9.59 Å². The minimum absolute atomic E-state index is 0.0197. The fourth-order valence-corrected chi connectivity index (χ4v) is 7.81. The number of carbonyl (C=O) groups excluding carboxylic acids is 2. The third-order valence-electron chi connectivity index (χ3n) is 8.11. The summed E-state index contributed by atoms with van der Waals surface area (Å²) in [6.07, 6.45) is 5.19. The first-order valence-electron chi connectivity index (χ1n) is 12.1. The Bertz CT molecular complexity index is 734. The molecule has 2 aliphatic carbocycles.